The van der Waals surface area contributed by atoms with Gasteiger partial charge in [0.25, 0.3) is 5.91 Å². The second-order valence-corrected chi connectivity index (χ2v) is 8.92. The van der Waals surface area contributed by atoms with Gasteiger partial charge in [-0.25, -0.2) is 0 Å². The van der Waals surface area contributed by atoms with E-state index < -0.39 is 17.2 Å². The molecule has 35 heavy (non-hydrogen) atoms. The summed E-state index contributed by atoms with van der Waals surface area (Å²) < 4.78 is 5.77. The van der Waals surface area contributed by atoms with E-state index in [9.17, 15) is 14.4 Å². The normalized spacial score (nSPS) is 10.8. The highest BCUT2D eigenvalue weighted by molar-refractivity contribution is 5.95. The van der Waals surface area contributed by atoms with Crippen LogP contribution in [-0.2, 0) is 16.0 Å². The molecule has 3 rings (SSSR count). The van der Waals surface area contributed by atoms with Crippen molar-refractivity contribution in [3.8, 4) is 5.75 Å². The van der Waals surface area contributed by atoms with Crippen molar-refractivity contribution in [2.24, 2.45) is 5.41 Å². The smallest absolute Gasteiger partial charge is 0.271 e. The maximum absolute atomic E-state index is 12.5. The number of pyridine rings is 1. The maximum atomic E-state index is 12.5. The van der Waals surface area contributed by atoms with Crippen LogP contribution in [0, 0.1) is 5.41 Å². The van der Waals surface area contributed by atoms with Gasteiger partial charge in [0.15, 0.2) is 0 Å². The van der Waals surface area contributed by atoms with Crippen molar-refractivity contribution in [3.05, 3.63) is 90.3 Å². The lowest BCUT2D eigenvalue weighted by molar-refractivity contribution is -0.124. The summed E-state index contributed by atoms with van der Waals surface area (Å²) in [5, 5.41) is 2.85. The van der Waals surface area contributed by atoms with E-state index in [0.29, 0.717) is 17.9 Å². The van der Waals surface area contributed by atoms with Crippen LogP contribution in [0.25, 0.3) is 0 Å². The summed E-state index contributed by atoms with van der Waals surface area (Å²) in [4.78, 5) is 40.7. The molecule has 0 aliphatic rings. The summed E-state index contributed by atoms with van der Waals surface area (Å²) in [5.41, 5.74) is 6.31. The van der Waals surface area contributed by atoms with Gasteiger partial charge in [0.2, 0.25) is 11.8 Å². The van der Waals surface area contributed by atoms with Crippen LogP contribution in [0.4, 0.5) is 5.69 Å². The maximum Gasteiger partial charge on any atom is 0.271 e. The number of nitrogens with one attached hydrogen (secondary N) is 3. The number of amides is 3. The molecule has 3 N–H and O–H groups in total. The average Bonchev–Trinajstić information content (AvgIpc) is 2.84. The third kappa shape index (κ3) is 8.92. The summed E-state index contributed by atoms with van der Waals surface area (Å²) in [5.74, 6) is -0.337. The summed E-state index contributed by atoms with van der Waals surface area (Å²) in [7, 11) is 0. The molecule has 1 aromatic heterocycles. The van der Waals surface area contributed by atoms with Crippen molar-refractivity contribution < 1.29 is 19.1 Å². The molecule has 0 radical (unpaired) electrons. The third-order valence-electron chi connectivity index (χ3n) is 5.16. The Bertz CT molecular complexity index is 1120. The number of carbonyl (C=O) groups is 3. The van der Waals surface area contributed by atoms with Crippen LogP contribution in [-0.4, -0.2) is 29.3 Å². The Labute approximate surface area is 205 Å². The van der Waals surface area contributed by atoms with Crippen LogP contribution in [0.5, 0.6) is 5.75 Å². The highest BCUT2D eigenvalue weighted by Crippen LogP contribution is 2.26. The predicted octanol–water partition coefficient (Wildman–Crippen LogP) is 3.91. The number of ether oxygens (including phenoxy) is 1. The van der Waals surface area contributed by atoms with E-state index in [1.165, 1.54) is 11.8 Å². The van der Waals surface area contributed by atoms with Crippen molar-refractivity contribution >= 4 is 23.4 Å². The number of hydrogen-bond donors (Lipinski definition) is 3. The first kappa shape index (κ1) is 25.4. The highest BCUT2D eigenvalue weighted by atomic mass is 16.5. The van der Waals surface area contributed by atoms with E-state index in [2.05, 4.69) is 33.3 Å². The number of hydrogen-bond acceptors (Lipinski definition) is 5. The van der Waals surface area contributed by atoms with Crippen LogP contribution in [0.3, 0.4) is 0 Å². The summed E-state index contributed by atoms with van der Waals surface area (Å²) in [6.07, 6.45) is 3.96. The minimum absolute atomic E-state index is 0.0575. The molecule has 8 nitrogen and oxygen atoms in total. The standard InChI is InChI=1S/C27H30N4O4/c1-27(2,18-25(33)30-31-26(34)21-9-6-15-28-19-21)17-24(32)29-22-10-12-23(13-11-22)35-16-14-20-7-4-3-5-8-20/h3-13,15,19H,14,16-18H2,1-2H3,(H,29,32)(H,30,33)(H,31,34). The number of anilines is 1. The molecule has 0 fully saturated rings. The van der Waals surface area contributed by atoms with E-state index >= 15 is 0 Å². The summed E-state index contributed by atoms with van der Waals surface area (Å²) in [6, 6.07) is 20.5. The van der Waals surface area contributed by atoms with Gasteiger partial charge in [0, 0.05) is 37.3 Å². The van der Waals surface area contributed by atoms with E-state index in [1.807, 2.05) is 44.2 Å². The number of rotatable bonds is 10. The fourth-order valence-electron chi connectivity index (χ4n) is 3.44. The zero-order valence-corrected chi connectivity index (χ0v) is 19.9. The minimum Gasteiger partial charge on any atom is -0.493 e. The van der Waals surface area contributed by atoms with Crippen LogP contribution in [0.15, 0.2) is 79.1 Å². The fourth-order valence-corrected chi connectivity index (χ4v) is 3.44. The minimum atomic E-state index is -0.617. The molecule has 0 spiro atoms. The van der Waals surface area contributed by atoms with E-state index in [4.69, 9.17) is 4.74 Å². The van der Waals surface area contributed by atoms with Crippen LogP contribution in [0.2, 0.25) is 0 Å². The van der Waals surface area contributed by atoms with Gasteiger partial charge in [-0.3, -0.25) is 30.2 Å². The highest BCUT2D eigenvalue weighted by Gasteiger charge is 2.26. The topological polar surface area (TPSA) is 109 Å². The van der Waals surface area contributed by atoms with Crippen molar-refractivity contribution in [2.45, 2.75) is 33.1 Å². The molecule has 0 aliphatic heterocycles. The molecular weight excluding hydrogens is 444 g/mol. The van der Waals surface area contributed by atoms with E-state index in [1.54, 1.807) is 30.5 Å². The molecule has 3 aromatic rings. The zero-order chi connectivity index (χ0) is 25.1. The molecule has 3 amide bonds. The molecule has 0 atom stereocenters. The molecule has 0 unspecified atom stereocenters. The summed E-state index contributed by atoms with van der Waals surface area (Å²) in [6.45, 7) is 4.20. The van der Waals surface area contributed by atoms with E-state index in [-0.39, 0.29) is 18.7 Å². The number of benzene rings is 2. The lowest BCUT2D eigenvalue weighted by atomic mass is 9.85. The van der Waals surface area contributed by atoms with Crippen molar-refractivity contribution in [1.82, 2.24) is 15.8 Å². The Morgan fingerprint density at radius 3 is 2.26 bits per heavy atom. The molecule has 8 heteroatoms. The van der Waals surface area contributed by atoms with Crippen molar-refractivity contribution in [1.29, 1.82) is 0 Å². The quantitative estimate of drug-likeness (QED) is 0.386. The Balaban J connectivity index is 1.39. The Kier molecular flexibility index (Phi) is 8.95. The zero-order valence-electron chi connectivity index (χ0n) is 19.9. The first-order valence-corrected chi connectivity index (χ1v) is 11.4. The second kappa shape index (κ2) is 12.3. The van der Waals surface area contributed by atoms with Crippen LogP contribution >= 0.6 is 0 Å². The molecule has 1 heterocycles. The van der Waals surface area contributed by atoms with Gasteiger partial charge < -0.3 is 10.1 Å². The fraction of sp³-hybridized carbons (Fsp3) is 0.259. The molecule has 0 saturated carbocycles. The number of hydrazine groups is 1. The first-order chi connectivity index (χ1) is 16.8. The molecule has 182 valence electrons. The first-order valence-electron chi connectivity index (χ1n) is 11.4. The number of aromatic nitrogens is 1. The van der Waals surface area contributed by atoms with Gasteiger partial charge >= 0.3 is 0 Å². The van der Waals surface area contributed by atoms with Gasteiger partial charge in [-0.1, -0.05) is 44.2 Å². The average molecular weight is 475 g/mol. The summed E-state index contributed by atoms with van der Waals surface area (Å²) >= 11 is 0. The monoisotopic (exact) mass is 474 g/mol. The molecular formula is C27H30N4O4. The van der Waals surface area contributed by atoms with Gasteiger partial charge in [-0.2, -0.15) is 0 Å². The lowest BCUT2D eigenvalue weighted by Gasteiger charge is -2.23. The van der Waals surface area contributed by atoms with Crippen LogP contribution in [0.1, 0.15) is 42.6 Å². The third-order valence-corrected chi connectivity index (χ3v) is 5.16. The molecule has 0 aliphatic carbocycles. The van der Waals surface area contributed by atoms with Gasteiger partial charge in [0.05, 0.1) is 12.2 Å². The lowest BCUT2D eigenvalue weighted by Crippen LogP contribution is -2.43. The molecule has 0 bridgehead atoms. The van der Waals surface area contributed by atoms with Gasteiger partial charge in [-0.05, 0) is 47.4 Å². The number of nitrogens with zero attached hydrogens (tertiary/aromatic N) is 1. The Morgan fingerprint density at radius 2 is 1.57 bits per heavy atom. The molecule has 0 saturated heterocycles. The van der Waals surface area contributed by atoms with Crippen molar-refractivity contribution in [3.63, 3.8) is 0 Å². The van der Waals surface area contributed by atoms with Crippen molar-refractivity contribution in [2.75, 3.05) is 11.9 Å². The SMILES string of the molecule is CC(C)(CC(=O)NNC(=O)c1cccnc1)CC(=O)Nc1ccc(OCCc2ccccc2)cc1. The van der Waals surface area contributed by atoms with Crippen LogP contribution < -0.4 is 20.9 Å². The Hall–Kier alpha value is -4.20. The predicted molar refractivity (Wildman–Crippen MR) is 134 cm³/mol. The van der Waals surface area contributed by atoms with Gasteiger partial charge in [-0.15, -0.1) is 0 Å². The Morgan fingerprint density at radius 1 is 0.857 bits per heavy atom. The number of carbonyl (C=O) groups excluding carboxylic acids is 3. The molecule has 2 aromatic carbocycles. The largest absolute Gasteiger partial charge is 0.493 e. The van der Waals surface area contributed by atoms with Gasteiger partial charge in [0.1, 0.15) is 5.75 Å². The second-order valence-electron chi connectivity index (χ2n) is 8.92. The van der Waals surface area contributed by atoms with E-state index in [0.717, 1.165) is 12.2 Å².